The van der Waals surface area contributed by atoms with Crippen molar-refractivity contribution < 1.29 is 4.79 Å². The molecule has 7 nitrogen and oxygen atoms in total. The minimum Gasteiger partial charge on any atom is -0.357 e. The molecule has 1 unspecified atom stereocenters. The molecule has 2 aromatic rings. The summed E-state index contributed by atoms with van der Waals surface area (Å²) in [5.41, 5.74) is 2.77. The summed E-state index contributed by atoms with van der Waals surface area (Å²) in [6.07, 6.45) is 3.95. The van der Waals surface area contributed by atoms with E-state index in [1.54, 1.807) is 11.9 Å². The lowest BCUT2D eigenvalue weighted by Crippen LogP contribution is -2.42. The molecular weight excluding hydrogens is 328 g/mol. The number of fused-ring (bicyclic) bond motifs is 1. The lowest BCUT2D eigenvalue weighted by atomic mass is 10.1. The fourth-order valence-electron chi connectivity index (χ4n) is 3.72. The van der Waals surface area contributed by atoms with E-state index < -0.39 is 0 Å². The van der Waals surface area contributed by atoms with Crippen LogP contribution in [0.1, 0.15) is 24.1 Å². The molecule has 1 saturated heterocycles. The van der Waals surface area contributed by atoms with Crippen LogP contribution in [0.15, 0.2) is 30.3 Å². The van der Waals surface area contributed by atoms with Gasteiger partial charge in [0, 0.05) is 24.7 Å². The van der Waals surface area contributed by atoms with Gasteiger partial charge in [-0.25, -0.2) is 9.97 Å². The van der Waals surface area contributed by atoms with Crippen LogP contribution in [0.25, 0.3) is 11.4 Å². The topological polar surface area (TPSA) is 85.2 Å². The molecule has 1 fully saturated rings. The number of hydrogen-bond donors (Lipinski definition) is 1. The summed E-state index contributed by atoms with van der Waals surface area (Å²) in [5.74, 6) is 1.44. The van der Waals surface area contributed by atoms with Crippen LogP contribution < -0.4 is 10.2 Å². The second kappa shape index (κ2) is 6.64. The van der Waals surface area contributed by atoms with Crippen molar-refractivity contribution in [1.29, 1.82) is 5.26 Å². The van der Waals surface area contributed by atoms with E-state index in [1.807, 2.05) is 30.3 Å². The molecule has 7 heteroatoms. The van der Waals surface area contributed by atoms with Gasteiger partial charge in [-0.3, -0.25) is 4.79 Å². The van der Waals surface area contributed by atoms with Crippen molar-refractivity contribution in [2.45, 2.75) is 32.0 Å². The Labute approximate surface area is 152 Å². The zero-order valence-corrected chi connectivity index (χ0v) is 14.6. The number of nitrogens with zero attached hydrogens (tertiary/aromatic N) is 5. The molecule has 1 aromatic heterocycles. The first-order chi connectivity index (χ1) is 12.7. The van der Waals surface area contributed by atoms with Gasteiger partial charge in [0.15, 0.2) is 12.0 Å². The highest BCUT2D eigenvalue weighted by molar-refractivity contribution is 5.85. The maximum Gasteiger partial charge on any atom is 0.242 e. The van der Waals surface area contributed by atoms with Crippen molar-refractivity contribution in [3.63, 3.8) is 0 Å². The second-order valence-corrected chi connectivity index (χ2v) is 6.58. The van der Waals surface area contributed by atoms with Crippen molar-refractivity contribution >= 4 is 11.7 Å². The van der Waals surface area contributed by atoms with E-state index in [0.717, 1.165) is 42.0 Å². The molecule has 2 aliphatic rings. The molecule has 0 saturated carbocycles. The van der Waals surface area contributed by atoms with Gasteiger partial charge in [-0.2, -0.15) is 5.26 Å². The summed E-state index contributed by atoms with van der Waals surface area (Å²) in [6, 6.07) is 9.59. The highest BCUT2D eigenvalue weighted by Crippen LogP contribution is 2.34. The van der Waals surface area contributed by atoms with E-state index >= 15 is 0 Å². The number of nitriles is 1. The van der Waals surface area contributed by atoms with Crippen LogP contribution in [0, 0.1) is 11.5 Å². The van der Waals surface area contributed by atoms with Crippen molar-refractivity contribution in [2.24, 2.45) is 0 Å². The van der Waals surface area contributed by atoms with Gasteiger partial charge in [0.25, 0.3) is 0 Å². The van der Waals surface area contributed by atoms with E-state index in [1.165, 1.54) is 0 Å². The number of rotatable bonds is 3. The predicted octanol–water partition coefficient (Wildman–Crippen LogP) is 1.66. The predicted molar refractivity (Wildman–Crippen MR) is 96.8 cm³/mol. The maximum atomic E-state index is 12.3. The molecule has 0 radical (unpaired) electrons. The highest BCUT2D eigenvalue weighted by Gasteiger charge is 2.35. The Kier molecular flexibility index (Phi) is 4.17. The Hall–Kier alpha value is -3.14. The summed E-state index contributed by atoms with van der Waals surface area (Å²) in [7, 11) is 1.66. The summed E-state index contributed by atoms with van der Waals surface area (Å²) in [4.78, 5) is 25.6. The van der Waals surface area contributed by atoms with Crippen LogP contribution in [0.2, 0.25) is 0 Å². The van der Waals surface area contributed by atoms with Crippen molar-refractivity contribution in [3.8, 4) is 17.6 Å². The average molecular weight is 348 g/mol. The third-order valence-electron chi connectivity index (χ3n) is 5.01. The van der Waals surface area contributed by atoms with E-state index in [4.69, 9.17) is 9.97 Å². The van der Waals surface area contributed by atoms with E-state index in [9.17, 15) is 10.1 Å². The fraction of sp³-hybridized carbons (Fsp3) is 0.368. The molecule has 0 aliphatic carbocycles. The summed E-state index contributed by atoms with van der Waals surface area (Å²) < 4.78 is 0. The van der Waals surface area contributed by atoms with Gasteiger partial charge in [-0.15, -0.1) is 0 Å². The SMILES string of the molecule is CNC(=O)C1CCCN1c1nc(-c2ccccc2)nc2c1CN(C#N)C2. The van der Waals surface area contributed by atoms with Gasteiger partial charge in [-0.1, -0.05) is 30.3 Å². The second-order valence-electron chi connectivity index (χ2n) is 6.58. The molecule has 1 amide bonds. The summed E-state index contributed by atoms with van der Waals surface area (Å²) >= 11 is 0. The molecular formula is C19H20N6O. The van der Waals surface area contributed by atoms with E-state index in [-0.39, 0.29) is 11.9 Å². The third kappa shape index (κ3) is 2.73. The minimum absolute atomic E-state index is 0.00580. The number of carbonyl (C=O) groups excluding carboxylic acids is 1. The number of amides is 1. The lowest BCUT2D eigenvalue weighted by molar-refractivity contribution is -0.121. The Balaban J connectivity index is 1.82. The molecule has 1 N–H and O–H groups in total. The van der Waals surface area contributed by atoms with E-state index in [2.05, 4.69) is 16.4 Å². The van der Waals surface area contributed by atoms with Crippen LogP contribution in [0.5, 0.6) is 0 Å². The van der Waals surface area contributed by atoms with Gasteiger partial charge in [0.1, 0.15) is 11.9 Å². The molecule has 1 aromatic carbocycles. The molecule has 3 heterocycles. The van der Waals surface area contributed by atoms with Gasteiger partial charge in [0.05, 0.1) is 18.8 Å². The fourth-order valence-corrected chi connectivity index (χ4v) is 3.72. The quantitative estimate of drug-likeness (QED) is 0.849. The number of carbonyl (C=O) groups is 1. The Bertz CT molecular complexity index is 876. The molecule has 1 atom stereocenters. The average Bonchev–Trinajstić information content (AvgIpc) is 3.33. The Morgan fingerprint density at radius 1 is 1.27 bits per heavy atom. The molecule has 0 bridgehead atoms. The maximum absolute atomic E-state index is 12.3. The lowest BCUT2D eigenvalue weighted by Gasteiger charge is -2.26. The highest BCUT2D eigenvalue weighted by atomic mass is 16.2. The van der Waals surface area contributed by atoms with Crippen LogP contribution >= 0.6 is 0 Å². The Morgan fingerprint density at radius 2 is 2.08 bits per heavy atom. The number of likely N-dealkylation sites (N-methyl/N-ethyl adjacent to an activating group) is 1. The van der Waals surface area contributed by atoms with Crippen molar-refractivity contribution in [3.05, 3.63) is 41.6 Å². The molecule has 0 spiro atoms. The zero-order valence-electron chi connectivity index (χ0n) is 14.6. The van der Waals surface area contributed by atoms with Crippen LogP contribution in [-0.4, -0.2) is 40.4 Å². The zero-order chi connectivity index (χ0) is 18.1. The van der Waals surface area contributed by atoms with Crippen molar-refractivity contribution in [2.75, 3.05) is 18.5 Å². The largest absolute Gasteiger partial charge is 0.357 e. The van der Waals surface area contributed by atoms with Gasteiger partial charge < -0.3 is 15.1 Å². The Morgan fingerprint density at radius 3 is 2.81 bits per heavy atom. The first-order valence-electron chi connectivity index (χ1n) is 8.79. The van der Waals surface area contributed by atoms with Crippen molar-refractivity contribution in [1.82, 2.24) is 20.2 Å². The van der Waals surface area contributed by atoms with Gasteiger partial charge >= 0.3 is 0 Å². The number of benzene rings is 1. The van der Waals surface area contributed by atoms with Gasteiger partial charge in [0.2, 0.25) is 5.91 Å². The molecule has 2 aliphatic heterocycles. The smallest absolute Gasteiger partial charge is 0.242 e. The third-order valence-corrected chi connectivity index (χ3v) is 5.01. The standard InChI is InChI=1S/C19H20N6O/c1-21-19(26)16-8-5-9-25(16)18-14-10-24(12-20)11-15(14)22-17(23-18)13-6-3-2-4-7-13/h2-4,6-7,16H,5,8-11H2,1H3,(H,21,26). The van der Waals surface area contributed by atoms with Crippen LogP contribution in [-0.2, 0) is 17.9 Å². The van der Waals surface area contributed by atoms with E-state index in [0.29, 0.717) is 18.9 Å². The number of hydrogen-bond acceptors (Lipinski definition) is 6. The number of nitrogens with one attached hydrogen (secondary N) is 1. The normalized spacial score (nSPS) is 18.5. The number of anilines is 1. The summed E-state index contributed by atoms with van der Waals surface area (Å²) in [5, 5.41) is 12.1. The van der Waals surface area contributed by atoms with Crippen LogP contribution in [0.3, 0.4) is 0 Å². The minimum atomic E-state index is -0.223. The number of aromatic nitrogens is 2. The first-order valence-corrected chi connectivity index (χ1v) is 8.79. The monoisotopic (exact) mass is 348 g/mol. The van der Waals surface area contributed by atoms with Gasteiger partial charge in [-0.05, 0) is 12.8 Å². The van der Waals surface area contributed by atoms with Crippen LogP contribution in [0.4, 0.5) is 5.82 Å². The molecule has 26 heavy (non-hydrogen) atoms. The first kappa shape index (κ1) is 16.3. The molecule has 4 rings (SSSR count). The molecule has 132 valence electrons. The summed E-state index contributed by atoms with van der Waals surface area (Å²) in [6.45, 7) is 1.76.